The first-order valence-corrected chi connectivity index (χ1v) is 4.58. The van der Waals surface area contributed by atoms with E-state index in [4.69, 9.17) is 10.2 Å². The molecule has 2 unspecified atom stereocenters. The number of carboxylic acids is 2. The number of ether oxygens (including phenoxy) is 1. The van der Waals surface area contributed by atoms with Crippen molar-refractivity contribution in [1.29, 1.82) is 0 Å². The van der Waals surface area contributed by atoms with E-state index in [-0.39, 0.29) is 19.3 Å². The number of rotatable bonds is 5. The van der Waals surface area contributed by atoms with Crippen molar-refractivity contribution >= 4 is 23.7 Å². The van der Waals surface area contributed by atoms with Gasteiger partial charge in [-0.2, -0.15) is 0 Å². The molecule has 1 aliphatic rings. The summed E-state index contributed by atoms with van der Waals surface area (Å²) < 4.78 is 4.46. The molecule has 0 aliphatic carbocycles. The summed E-state index contributed by atoms with van der Waals surface area (Å²) in [5.74, 6) is -4.92. The second-order valence-electron chi connectivity index (χ2n) is 3.42. The van der Waals surface area contributed by atoms with Gasteiger partial charge in [0.2, 0.25) is 6.10 Å². The number of cyclic esters (lactones) is 1. The highest BCUT2D eigenvalue weighted by atomic mass is 16.6. The normalized spacial score (nSPS) is 23.9. The van der Waals surface area contributed by atoms with Crippen molar-refractivity contribution in [3.05, 3.63) is 0 Å². The number of esters is 1. The molecule has 0 saturated carbocycles. The molecule has 0 radical (unpaired) electrons. The molecule has 88 valence electrons. The van der Waals surface area contributed by atoms with Gasteiger partial charge < -0.3 is 14.9 Å². The van der Waals surface area contributed by atoms with Crippen LogP contribution in [0.25, 0.3) is 0 Å². The van der Waals surface area contributed by atoms with Crippen LogP contribution in [0, 0.1) is 5.92 Å². The maximum Gasteiger partial charge on any atom is 0.345 e. The van der Waals surface area contributed by atoms with Gasteiger partial charge in [-0.25, -0.2) is 4.79 Å². The van der Waals surface area contributed by atoms with E-state index in [2.05, 4.69) is 4.74 Å². The van der Waals surface area contributed by atoms with Gasteiger partial charge >= 0.3 is 17.9 Å². The lowest BCUT2D eigenvalue weighted by molar-refractivity contribution is -0.159. The van der Waals surface area contributed by atoms with Crippen LogP contribution in [-0.4, -0.2) is 40.0 Å². The molecule has 7 heteroatoms. The van der Waals surface area contributed by atoms with Crippen molar-refractivity contribution in [2.75, 3.05) is 0 Å². The first-order chi connectivity index (χ1) is 7.41. The lowest BCUT2D eigenvalue weighted by atomic mass is 9.93. The summed E-state index contributed by atoms with van der Waals surface area (Å²) in [6, 6.07) is 0. The fraction of sp³-hybridized carbons (Fsp3) is 0.556. The van der Waals surface area contributed by atoms with E-state index in [9.17, 15) is 19.2 Å². The number of hydrogen-bond acceptors (Lipinski definition) is 5. The minimum absolute atomic E-state index is 0.291. The molecule has 1 heterocycles. The Kier molecular flexibility index (Phi) is 3.60. The summed E-state index contributed by atoms with van der Waals surface area (Å²) in [5, 5.41) is 17.0. The molecule has 7 nitrogen and oxygen atoms in total. The Bertz CT molecular complexity index is 346. The zero-order valence-corrected chi connectivity index (χ0v) is 8.21. The highest BCUT2D eigenvalue weighted by Gasteiger charge is 2.43. The third-order valence-electron chi connectivity index (χ3n) is 2.25. The Labute approximate surface area is 90.0 Å². The molecule has 0 aromatic heterocycles. The first-order valence-electron chi connectivity index (χ1n) is 4.58. The van der Waals surface area contributed by atoms with Crippen molar-refractivity contribution in [1.82, 2.24) is 0 Å². The summed E-state index contributed by atoms with van der Waals surface area (Å²) in [6.07, 6.45) is -2.44. The van der Waals surface area contributed by atoms with Crippen LogP contribution in [-0.2, 0) is 23.9 Å². The van der Waals surface area contributed by atoms with Gasteiger partial charge in [0, 0.05) is 6.42 Å². The Balaban J connectivity index is 2.63. The number of hydrogen-bond donors (Lipinski definition) is 2. The fourth-order valence-corrected chi connectivity index (χ4v) is 1.48. The predicted molar refractivity (Wildman–Crippen MR) is 47.5 cm³/mol. The molecule has 0 amide bonds. The van der Waals surface area contributed by atoms with Crippen LogP contribution in [0.3, 0.4) is 0 Å². The Hall–Kier alpha value is -1.92. The number of aliphatic carboxylic acids is 2. The van der Waals surface area contributed by atoms with E-state index in [1.54, 1.807) is 0 Å². The Morgan fingerprint density at radius 1 is 1.25 bits per heavy atom. The third-order valence-corrected chi connectivity index (χ3v) is 2.25. The molecule has 1 rings (SSSR count). The quantitative estimate of drug-likeness (QED) is 0.607. The standard InChI is InChI=1S/C9H10O7/c10-5(1-2-6(11)12)4-3-7(13)16-8(4)9(14)15/h4,8H,1-3H2,(H,11,12)(H,14,15). The molecule has 2 atom stereocenters. The van der Waals surface area contributed by atoms with Crippen molar-refractivity contribution in [3.63, 3.8) is 0 Å². The minimum Gasteiger partial charge on any atom is -0.481 e. The van der Waals surface area contributed by atoms with E-state index in [0.717, 1.165) is 0 Å². The SMILES string of the molecule is O=C(O)CCC(=O)C1CC(=O)OC1C(=O)O. The summed E-state index contributed by atoms with van der Waals surface area (Å²) in [7, 11) is 0. The van der Waals surface area contributed by atoms with Gasteiger partial charge in [0.05, 0.1) is 18.8 Å². The van der Waals surface area contributed by atoms with Crippen LogP contribution in [0.15, 0.2) is 0 Å². The van der Waals surface area contributed by atoms with Crippen LogP contribution in [0.5, 0.6) is 0 Å². The van der Waals surface area contributed by atoms with Gasteiger partial charge in [0.1, 0.15) is 5.78 Å². The van der Waals surface area contributed by atoms with E-state index in [1.165, 1.54) is 0 Å². The summed E-state index contributed by atoms with van der Waals surface area (Å²) in [6.45, 7) is 0. The number of carbonyl (C=O) groups excluding carboxylic acids is 2. The molecule has 1 saturated heterocycles. The van der Waals surface area contributed by atoms with Gasteiger partial charge in [-0.15, -0.1) is 0 Å². The van der Waals surface area contributed by atoms with Gasteiger partial charge in [-0.1, -0.05) is 0 Å². The van der Waals surface area contributed by atoms with E-state index < -0.39 is 35.7 Å². The summed E-state index contributed by atoms with van der Waals surface area (Å²) in [4.78, 5) is 43.2. The van der Waals surface area contributed by atoms with Gasteiger partial charge in [0.25, 0.3) is 0 Å². The summed E-state index contributed by atoms with van der Waals surface area (Å²) in [5.41, 5.74) is 0. The number of carbonyl (C=O) groups is 4. The Morgan fingerprint density at radius 2 is 1.88 bits per heavy atom. The zero-order valence-electron chi connectivity index (χ0n) is 8.21. The zero-order chi connectivity index (χ0) is 12.3. The smallest absolute Gasteiger partial charge is 0.345 e. The minimum atomic E-state index is -1.48. The van der Waals surface area contributed by atoms with E-state index in [0.29, 0.717) is 0 Å². The lowest BCUT2D eigenvalue weighted by Crippen LogP contribution is -2.31. The lowest BCUT2D eigenvalue weighted by Gasteiger charge is -2.11. The number of Topliss-reactive ketones (excluding diaryl/α,β-unsaturated/α-hetero) is 1. The number of carboxylic acid groups (broad SMARTS) is 2. The fourth-order valence-electron chi connectivity index (χ4n) is 1.48. The average Bonchev–Trinajstić information content (AvgIpc) is 2.56. The maximum atomic E-state index is 11.5. The van der Waals surface area contributed by atoms with Gasteiger partial charge in [-0.05, 0) is 0 Å². The molecular formula is C9H10O7. The monoisotopic (exact) mass is 230 g/mol. The topological polar surface area (TPSA) is 118 Å². The Morgan fingerprint density at radius 3 is 2.38 bits per heavy atom. The molecular weight excluding hydrogens is 220 g/mol. The second-order valence-corrected chi connectivity index (χ2v) is 3.42. The molecule has 1 aliphatic heterocycles. The highest BCUT2D eigenvalue weighted by Crippen LogP contribution is 2.24. The second kappa shape index (κ2) is 4.73. The van der Waals surface area contributed by atoms with Crippen LogP contribution in [0.2, 0.25) is 0 Å². The largest absolute Gasteiger partial charge is 0.481 e. The predicted octanol–water partition coefficient (Wildman–Crippen LogP) is -0.563. The molecule has 0 spiro atoms. The average molecular weight is 230 g/mol. The molecule has 16 heavy (non-hydrogen) atoms. The van der Waals surface area contributed by atoms with E-state index >= 15 is 0 Å². The molecule has 0 aromatic rings. The molecule has 1 fully saturated rings. The summed E-state index contributed by atoms with van der Waals surface area (Å²) >= 11 is 0. The van der Waals surface area contributed by atoms with Crippen molar-refractivity contribution < 1.29 is 34.1 Å². The molecule has 0 aromatic carbocycles. The van der Waals surface area contributed by atoms with Crippen molar-refractivity contribution in [2.24, 2.45) is 5.92 Å². The van der Waals surface area contributed by atoms with Gasteiger partial charge in [0.15, 0.2) is 0 Å². The highest BCUT2D eigenvalue weighted by molar-refractivity contribution is 5.95. The maximum absolute atomic E-state index is 11.5. The molecule has 0 bridgehead atoms. The molecule has 2 N–H and O–H groups in total. The van der Waals surface area contributed by atoms with Crippen molar-refractivity contribution in [3.8, 4) is 0 Å². The van der Waals surface area contributed by atoms with Crippen LogP contribution < -0.4 is 0 Å². The third kappa shape index (κ3) is 2.78. The van der Waals surface area contributed by atoms with Crippen LogP contribution in [0.4, 0.5) is 0 Å². The van der Waals surface area contributed by atoms with Crippen LogP contribution >= 0.6 is 0 Å². The van der Waals surface area contributed by atoms with Crippen molar-refractivity contribution in [2.45, 2.75) is 25.4 Å². The van der Waals surface area contributed by atoms with Crippen LogP contribution in [0.1, 0.15) is 19.3 Å². The van der Waals surface area contributed by atoms with E-state index in [1.807, 2.05) is 0 Å². The number of ketones is 1. The first kappa shape index (κ1) is 12.2. The van der Waals surface area contributed by atoms with Gasteiger partial charge in [-0.3, -0.25) is 14.4 Å².